The number of anilines is 1. The van der Waals surface area contributed by atoms with E-state index in [1.165, 1.54) is 5.56 Å². The number of hydrogen-bond donors (Lipinski definition) is 0. The number of oxime groups is 1. The molecule has 0 N–H and O–H groups in total. The van der Waals surface area contributed by atoms with Crippen LogP contribution in [0.5, 0.6) is 0 Å². The summed E-state index contributed by atoms with van der Waals surface area (Å²) in [5, 5.41) is 5.85. The number of aryl methyl sites for hydroxylation is 1. The molecule has 2 aliphatic rings. The van der Waals surface area contributed by atoms with Gasteiger partial charge < -0.3 is 4.84 Å². The van der Waals surface area contributed by atoms with Crippen LogP contribution in [0, 0.1) is 27.7 Å². The number of benzene rings is 2. The van der Waals surface area contributed by atoms with Crippen LogP contribution in [0.25, 0.3) is 0 Å². The number of allylic oxidation sites excluding steroid dienone is 4. The van der Waals surface area contributed by atoms with E-state index in [0.29, 0.717) is 15.9 Å². The Labute approximate surface area is 181 Å². The van der Waals surface area contributed by atoms with Gasteiger partial charge in [0.15, 0.2) is 11.9 Å². The molecule has 5 heteroatoms. The number of amidine groups is 1. The summed E-state index contributed by atoms with van der Waals surface area (Å²) in [4.78, 5) is 8.02. The molecular formula is C24H22Cl2N2O. The van der Waals surface area contributed by atoms with Crippen molar-refractivity contribution in [1.82, 2.24) is 0 Å². The van der Waals surface area contributed by atoms with Gasteiger partial charge in [-0.1, -0.05) is 64.3 Å². The summed E-state index contributed by atoms with van der Waals surface area (Å²) < 4.78 is 0. The minimum absolute atomic E-state index is 0.271. The molecule has 2 aromatic rings. The third-order valence-electron chi connectivity index (χ3n) is 5.37. The van der Waals surface area contributed by atoms with E-state index < -0.39 is 0 Å². The van der Waals surface area contributed by atoms with E-state index in [4.69, 9.17) is 28.0 Å². The van der Waals surface area contributed by atoms with E-state index in [-0.39, 0.29) is 6.10 Å². The lowest BCUT2D eigenvalue weighted by atomic mass is 9.96. The Morgan fingerprint density at radius 1 is 0.862 bits per heavy atom. The van der Waals surface area contributed by atoms with E-state index in [1.807, 2.05) is 45.1 Å². The molecule has 0 fully saturated rings. The molecule has 1 unspecified atom stereocenters. The van der Waals surface area contributed by atoms with E-state index in [1.54, 1.807) is 0 Å². The molecule has 1 atom stereocenters. The standard InChI is InChI=1S/C24H22Cl2N2O/c1-14-10-12-18(13-11-14)28-19-8-6-5-7-9-20(19)29-27-24(28)21-15(2)22(25)17(4)23(26)16(21)3/h5-13,20H,1-4H3. The van der Waals surface area contributed by atoms with Crippen molar-refractivity contribution in [2.75, 3.05) is 4.90 Å². The smallest absolute Gasteiger partial charge is 0.186 e. The Morgan fingerprint density at radius 3 is 2.17 bits per heavy atom. The minimum Gasteiger partial charge on any atom is -0.380 e. The van der Waals surface area contributed by atoms with Gasteiger partial charge in [-0.15, -0.1) is 0 Å². The third kappa shape index (κ3) is 3.39. The zero-order valence-electron chi connectivity index (χ0n) is 16.8. The normalized spacial score (nSPS) is 18.0. The summed E-state index contributed by atoms with van der Waals surface area (Å²) in [5.41, 5.74) is 6.82. The van der Waals surface area contributed by atoms with Crippen molar-refractivity contribution in [2.24, 2.45) is 5.16 Å². The molecule has 1 aliphatic heterocycles. The third-order valence-corrected chi connectivity index (χ3v) is 6.51. The van der Waals surface area contributed by atoms with Gasteiger partial charge in [0.2, 0.25) is 0 Å². The van der Waals surface area contributed by atoms with Crippen LogP contribution in [0.3, 0.4) is 0 Å². The Balaban J connectivity index is 1.98. The van der Waals surface area contributed by atoms with Crippen LogP contribution in [0.15, 0.2) is 65.5 Å². The van der Waals surface area contributed by atoms with E-state index in [9.17, 15) is 0 Å². The zero-order chi connectivity index (χ0) is 20.7. The van der Waals surface area contributed by atoms with Gasteiger partial charge in [-0.2, -0.15) is 0 Å². The summed E-state index contributed by atoms with van der Waals surface area (Å²) in [7, 11) is 0. The number of fused-ring (bicyclic) bond motifs is 1. The molecule has 0 radical (unpaired) electrons. The van der Waals surface area contributed by atoms with Gasteiger partial charge in [-0.05, 0) is 68.7 Å². The van der Waals surface area contributed by atoms with Crippen LogP contribution in [0.4, 0.5) is 5.69 Å². The maximum Gasteiger partial charge on any atom is 0.186 e. The van der Waals surface area contributed by atoms with Crippen molar-refractivity contribution < 1.29 is 4.84 Å². The van der Waals surface area contributed by atoms with Crippen molar-refractivity contribution >= 4 is 34.7 Å². The van der Waals surface area contributed by atoms with E-state index >= 15 is 0 Å². The molecule has 0 spiro atoms. The van der Waals surface area contributed by atoms with Crippen LogP contribution in [-0.4, -0.2) is 11.9 Å². The quantitative estimate of drug-likeness (QED) is 0.528. The molecule has 0 bridgehead atoms. The van der Waals surface area contributed by atoms with Gasteiger partial charge in [-0.3, -0.25) is 4.90 Å². The lowest BCUT2D eigenvalue weighted by Crippen LogP contribution is -2.41. The van der Waals surface area contributed by atoms with Crippen LogP contribution in [0.1, 0.15) is 27.8 Å². The Bertz CT molecular complexity index is 1070. The number of halogens is 2. The molecular weight excluding hydrogens is 403 g/mol. The highest BCUT2D eigenvalue weighted by atomic mass is 35.5. The van der Waals surface area contributed by atoms with Crippen LogP contribution in [-0.2, 0) is 4.84 Å². The average molecular weight is 425 g/mol. The van der Waals surface area contributed by atoms with Gasteiger partial charge >= 0.3 is 0 Å². The van der Waals surface area contributed by atoms with Crippen LogP contribution >= 0.6 is 23.2 Å². The Kier molecular flexibility index (Phi) is 5.28. The maximum absolute atomic E-state index is 6.62. The van der Waals surface area contributed by atoms with Gasteiger partial charge in [-0.25, -0.2) is 0 Å². The molecule has 0 amide bonds. The molecule has 0 saturated heterocycles. The Hall–Kier alpha value is -2.49. The van der Waals surface area contributed by atoms with E-state index in [0.717, 1.165) is 33.6 Å². The molecule has 3 nitrogen and oxygen atoms in total. The predicted molar refractivity (Wildman–Crippen MR) is 122 cm³/mol. The first-order valence-corrected chi connectivity index (χ1v) is 10.3. The summed E-state index contributed by atoms with van der Waals surface area (Å²) in [5.74, 6) is 0.679. The minimum atomic E-state index is -0.271. The molecule has 2 aromatic carbocycles. The van der Waals surface area contributed by atoms with Crippen molar-refractivity contribution in [2.45, 2.75) is 33.8 Å². The average Bonchev–Trinajstić information content (AvgIpc) is 2.97. The maximum atomic E-state index is 6.62. The lowest BCUT2D eigenvalue weighted by Gasteiger charge is -2.36. The molecule has 0 aromatic heterocycles. The van der Waals surface area contributed by atoms with Gasteiger partial charge in [0, 0.05) is 21.3 Å². The van der Waals surface area contributed by atoms with Gasteiger partial charge in [0.1, 0.15) is 0 Å². The fourth-order valence-electron chi connectivity index (χ4n) is 3.76. The molecule has 4 rings (SSSR count). The second-order valence-corrected chi connectivity index (χ2v) is 8.11. The van der Waals surface area contributed by atoms with Crippen molar-refractivity contribution in [1.29, 1.82) is 0 Å². The SMILES string of the molecule is Cc1ccc(N2C3=CC=CC=CC3ON=C2c2c(C)c(Cl)c(C)c(Cl)c2C)cc1. The van der Waals surface area contributed by atoms with Crippen LogP contribution < -0.4 is 4.90 Å². The lowest BCUT2D eigenvalue weighted by molar-refractivity contribution is 0.108. The number of nitrogens with zero attached hydrogens (tertiary/aromatic N) is 2. The van der Waals surface area contributed by atoms with Gasteiger partial charge in [0.05, 0.1) is 5.70 Å². The second-order valence-electron chi connectivity index (χ2n) is 7.35. The highest BCUT2D eigenvalue weighted by molar-refractivity contribution is 6.38. The summed E-state index contributed by atoms with van der Waals surface area (Å²) in [6, 6.07) is 8.37. The highest BCUT2D eigenvalue weighted by Crippen LogP contribution is 2.38. The molecule has 0 saturated carbocycles. The molecule has 1 aliphatic carbocycles. The topological polar surface area (TPSA) is 24.8 Å². The zero-order valence-corrected chi connectivity index (χ0v) is 18.3. The monoisotopic (exact) mass is 424 g/mol. The number of hydrogen-bond acceptors (Lipinski definition) is 3. The second kappa shape index (κ2) is 7.74. The first-order valence-electron chi connectivity index (χ1n) is 9.51. The van der Waals surface area contributed by atoms with E-state index in [2.05, 4.69) is 47.3 Å². The summed E-state index contributed by atoms with van der Waals surface area (Å²) >= 11 is 13.2. The van der Waals surface area contributed by atoms with Crippen LogP contribution in [0.2, 0.25) is 10.0 Å². The predicted octanol–water partition coefficient (Wildman–Crippen LogP) is 6.80. The first kappa shape index (κ1) is 19.8. The fraction of sp³-hybridized carbons (Fsp3) is 0.208. The van der Waals surface area contributed by atoms with Crippen molar-refractivity contribution in [3.8, 4) is 0 Å². The molecule has 1 heterocycles. The number of rotatable bonds is 2. The highest BCUT2D eigenvalue weighted by Gasteiger charge is 2.33. The summed E-state index contributed by atoms with van der Waals surface area (Å²) in [6.45, 7) is 8.00. The largest absolute Gasteiger partial charge is 0.380 e. The first-order chi connectivity index (χ1) is 13.9. The Morgan fingerprint density at radius 2 is 1.52 bits per heavy atom. The van der Waals surface area contributed by atoms with Crippen molar-refractivity contribution in [3.05, 3.63) is 98.2 Å². The van der Waals surface area contributed by atoms with Gasteiger partial charge in [0.25, 0.3) is 0 Å². The fourth-order valence-corrected chi connectivity index (χ4v) is 4.18. The molecule has 29 heavy (non-hydrogen) atoms. The summed E-state index contributed by atoms with van der Waals surface area (Å²) in [6.07, 6.45) is 9.74. The van der Waals surface area contributed by atoms with Crippen molar-refractivity contribution in [3.63, 3.8) is 0 Å². The molecule has 148 valence electrons.